The van der Waals surface area contributed by atoms with Crippen molar-refractivity contribution in [2.75, 3.05) is 13.6 Å². The zero-order valence-electron chi connectivity index (χ0n) is 4.33. The molecule has 1 fully saturated rings. The molecular weight excluding hydrogens is 88.1 g/mol. The fourth-order valence-corrected chi connectivity index (χ4v) is 0.954. The zero-order valence-corrected chi connectivity index (χ0v) is 4.33. The number of fused-ring (bicyclic) bond motifs is 1. The Kier molecular flexibility index (Phi) is 0.375. The fourth-order valence-electron chi connectivity index (χ4n) is 0.954. The molecule has 0 amide bonds. The van der Waals surface area contributed by atoms with Crippen molar-refractivity contribution in [1.29, 1.82) is 0 Å². The van der Waals surface area contributed by atoms with Gasteiger partial charge in [0, 0.05) is 19.4 Å². The number of nitrogens with zero attached hydrogens (tertiary/aromatic N) is 2. The topological polar surface area (TPSA) is 6.25 Å². The Morgan fingerprint density at radius 1 is 1.57 bits per heavy atom. The molecule has 0 aromatic rings. The van der Waals surface area contributed by atoms with Crippen LogP contribution in [0.2, 0.25) is 0 Å². The highest BCUT2D eigenvalue weighted by molar-refractivity contribution is 5.06. The molecule has 2 aliphatic heterocycles. The minimum absolute atomic E-state index is 0.736. The van der Waals surface area contributed by atoms with E-state index in [1.807, 2.05) is 0 Å². The molecule has 0 bridgehead atoms. The van der Waals surface area contributed by atoms with E-state index in [9.17, 15) is 0 Å². The molecule has 2 nitrogen and oxygen atoms in total. The summed E-state index contributed by atoms with van der Waals surface area (Å²) in [6, 6.07) is 0. The summed E-state index contributed by atoms with van der Waals surface area (Å²) in [6.07, 6.45) is 4.97. The molecule has 0 N–H and O–H groups in total. The third kappa shape index (κ3) is 0.290. The van der Waals surface area contributed by atoms with Gasteiger partial charge < -0.3 is 9.80 Å². The van der Waals surface area contributed by atoms with E-state index in [-0.39, 0.29) is 0 Å². The average Bonchev–Trinajstić information content (AvgIpc) is 2.33. The third-order valence-corrected chi connectivity index (χ3v) is 1.59. The number of rotatable bonds is 0. The van der Waals surface area contributed by atoms with Crippen LogP contribution in [-0.4, -0.2) is 29.6 Å². The van der Waals surface area contributed by atoms with Gasteiger partial charge >= 0.3 is 0 Å². The number of hydrogen-bond donors (Lipinski definition) is 0. The van der Waals surface area contributed by atoms with Crippen molar-refractivity contribution >= 4 is 0 Å². The Hall–Kier alpha value is -0.660. The molecule has 2 heterocycles. The lowest BCUT2D eigenvalue weighted by Crippen LogP contribution is -2.11. The minimum Gasteiger partial charge on any atom is -0.358 e. The Labute approximate surface area is 43.0 Å². The van der Waals surface area contributed by atoms with E-state index in [0.717, 1.165) is 6.17 Å². The summed E-state index contributed by atoms with van der Waals surface area (Å²) in [7, 11) is 2.11. The zero-order chi connectivity index (χ0) is 4.85. The van der Waals surface area contributed by atoms with Crippen molar-refractivity contribution in [3.8, 4) is 0 Å². The standard InChI is InChI=1S/C5H8N2/c1-6-2-3-7-4-5(6)7/h2-3,5H,4H2,1H3/t5-,7?/m0/s1. The Morgan fingerprint density at radius 3 is 2.57 bits per heavy atom. The molecule has 0 radical (unpaired) electrons. The molecule has 0 aromatic carbocycles. The van der Waals surface area contributed by atoms with Gasteiger partial charge in [0.2, 0.25) is 0 Å². The predicted molar refractivity (Wildman–Crippen MR) is 27.4 cm³/mol. The van der Waals surface area contributed by atoms with Gasteiger partial charge in [0.15, 0.2) is 0 Å². The first-order chi connectivity index (χ1) is 3.38. The summed E-state index contributed by atoms with van der Waals surface area (Å²) in [5.74, 6) is 0. The van der Waals surface area contributed by atoms with Gasteiger partial charge in [-0.15, -0.1) is 0 Å². The first kappa shape index (κ1) is 3.36. The summed E-state index contributed by atoms with van der Waals surface area (Å²) in [5.41, 5.74) is 0. The van der Waals surface area contributed by atoms with E-state index in [1.54, 1.807) is 0 Å². The van der Waals surface area contributed by atoms with Crippen LogP contribution in [0.3, 0.4) is 0 Å². The fraction of sp³-hybridized carbons (Fsp3) is 0.600. The summed E-state index contributed by atoms with van der Waals surface area (Å²) < 4.78 is 0. The number of likely N-dealkylation sites (N-methyl/N-ethyl adjacent to an activating group) is 1. The van der Waals surface area contributed by atoms with Crippen LogP contribution in [0.15, 0.2) is 12.4 Å². The van der Waals surface area contributed by atoms with Gasteiger partial charge in [0.1, 0.15) is 6.17 Å². The second kappa shape index (κ2) is 0.782. The first-order valence-corrected chi connectivity index (χ1v) is 2.54. The Balaban J connectivity index is 2.22. The molecule has 0 saturated carbocycles. The molecule has 2 rings (SSSR count). The molecule has 0 aliphatic carbocycles. The highest BCUT2D eigenvalue weighted by Crippen LogP contribution is 2.26. The van der Waals surface area contributed by atoms with Crippen LogP contribution >= 0.6 is 0 Å². The smallest absolute Gasteiger partial charge is 0.119 e. The predicted octanol–water partition coefficient (Wildman–Crippen LogP) is 0.0447. The lowest BCUT2D eigenvalue weighted by Gasteiger charge is -2.03. The molecule has 0 spiro atoms. The highest BCUT2D eigenvalue weighted by atomic mass is 15.5. The summed E-state index contributed by atoms with van der Waals surface area (Å²) >= 11 is 0. The monoisotopic (exact) mass is 96.1 g/mol. The molecule has 1 atom stereocenters. The maximum atomic E-state index is 2.29. The van der Waals surface area contributed by atoms with Gasteiger partial charge in [0.05, 0.1) is 6.54 Å². The summed E-state index contributed by atoms with van der Waals surface area (Å²) in [4.78, 5) is 4.51. The maximum absolute atomic E-state index is 2.29. The quantitative estimate of drug-likeness (QED) is 0.393. The van der Waals surface area contributed by atoms with Crippen LogP contribution in [0.25, 0.3) is 0 Å². The molecule has 2 aliphatic rings. The molecule has 2 heteroatoms. The van der Waals surface area contributed by atoms with Gasteiger partial charge in [0.25, 0.3) is 0 Å². The van der Waals surface area contributed by atoms with E-state index >= 15 is 0 Å². The second-order valence-corrected chi connectivity index (χ2v) is 2.14. The normalized spacial score (nSPS) is 34.1. The van der Waals surface area contributed by atoms with Gasteiger partial charge in [-0.3, -0.25) is 0 Å². The molecule has 1 saturated heterocycles. The van der Waals surface area contributed by atoms with Gasteiger partial charge in [-0.05, 0) is 0 Å². The van der Waals surface area contributed by atoms with Crippen molar-refractivity contribution < 1.29 is 0 Å². The summed E-state index contributed by atoms with van der Waals surface area (Å²) in [5, 5.41) is 0. The van der Waals surface area contributed by atoms with Crippen LogP contribution in [0, 0.1) is 0 Å². The van der Waals surface area contributed by atoms with E-state index in [0.29, 0.717) is 0 Å². The molecule has 38 valence electrons. The SMILES string of the molecule is CN1C=CN2C[C@@H]12. The van der Waals surface area contributed by atoms with Crippen LogP contribution in [0.4, 0.5) is 0 Å². The van der Waals surface area contributed by atoms with Crippen LogP contribution in [0.1, 0.15) is 0 Å². The first-order valence-electron chi connectivity index (χ1n) is 2.54. The number of hydrogen-bond acceptors (Lipinski definition) is 2. The molecule has 0 aromatic heterocycles. The highest BCUT2D eigenvalue weighted by Gasteiger charge is 2.37. The average molecular weight is 96.1 g/mol. The van der Waals surface area contributed by atoms with Gasteiger partial charge in [-0.1, -0.05) is 0 Å². The second-order valence-electron chi connectivity index (χ2n) is 2.14. The van der Waals surface area contributed by atoms with Gasteiger partial charge in [-0.25, -0.2) is 0 Å². The summed E-state index contributed by atoms with van der Waals surface area (Å²) in [6.45, 7) is 1.24. The third-order valence-electron chi connectivity index (χ3n) is 1.59. The van der Waals surface area contributed by atoms with Crippen molar-refractivity contribution in [2.24, 2.45) is 0 Å². The molecule has 0 unspecified atom stereocenters. The van der Waals surface area contributed by atoms with Crippen molar-refractivity contribution in [1.82, 2.24) is 9.80 Å². The van der Waals surface area contributed by atoms with E-state index < -0.39 is 0 Å². The van der Waals surface area contributed by atoms with Gasteiger partial charge in [-0.2, -0.15) is 0 Å². The van der Waals surface area contributed by atoms with Crippen LogP contribution < -0.4 is 0 Å². The molecule has 7 heavy (non-hydrogen) atoms. The van der Waals surface area contributed by atoms with E-state index in [2.05, 4.69) is 29.2 Å². The maximum Gasteiger partial charge on any atom is 0.119 e. The lowest BCUT2D eigenvalue weighted by atomic mass is 10.7. The minimum atomic E-state index is 0.736. The van der Waals surface area contributed by atoms with Crippen molar-refractivity contribution in [3.63, 3.8) is 0 Å². The Morgan fingerprint density at radius 2 is 2.43 bits per heavy atom. The van der Waals surface area contributed by atoms with Crippen LogP contribution in [0.5, 0.6) is 0 Å². The largest absolute Gasteiger partial charge is 0.358 e. The molecular formula is C5H8N2. The lowest BCUT2D eigenvalue weighted by molar-refractivity contribution is 0.426. The Bertz CT molecular complexity index is 119. The van der Waals surface area contributed by atoms with E-state index in [1.165, 1.54) is 6.54 Å². The van der Waals surface area contributed by atoms with Crippen molar-refractivity contribution in [3.05, 3.63) is 12.4 Å². The van der Waals surface area contributed by atoms with Crippen molar-refractivity contribution in [2.45, 2.75) is 6.17 Å². The van der Waals surface area contributed by atoms with E-state index in [4.69, 9.17) is 0 Å². The van der Waals surface area contributed by atoms with Crippen LogP contribution in [-0.2, 0) is 0 Å².